The molecule has 2 aromatic heterocycles. The van der Waals surface area contributed by atoms with Crippen LogP contribution in [0.5, 0.6) is 0 Å². The van der Waals surface area contributed by atoms with Gasteiger partial charge in [-0.2, -0.15) is 0 Å². The van der Waals surface area contributed by atoms with Gasteiger partial charge in [-0.1, -0.05) is 54.6 Å². The minimum Gasteiger partial charge on any atom is -0.394 e. The molecule has 63 heavy (non-hydrogen) atoms. The molecular formula is C48H50F2O11S2. The van der Waals surface area contributed by atoms with Crippen LogP contribution in [0.2, 0.25) is 0 Å². The maximum atomic E-state index is 16.3. The van der Waals surface area contributed by atoms with Crippen molar-refractivity contribution in [2.45, 2.75) is 87.2 Å². The first-order chi connectivity index (χ1) is 30.0. The van der Waals surface area contributed by atoms with E-state index in [1.165, 1.54) is 53.0 Å². The van der Waals surface area contributed by atoms with E-state index in [0.717, 1.165) is 43.0 Å². The second-order valence-electron chi connectivity index (χ2n) is 16.1. The molecule has 10 atom stereocenters. The number of aryl methyl sites for hydroxylation is 2. The highest BCUT2D eigenvalue weighted by molar-refractivity contribution is 7.15. The molecule has 6 aromatic rings. The molecule has 1 aliphatic heterocycles. The summed E-state index contributed by atoms with van der Waals surface area (Å²) in [5, 5.41) is 107. The summed E-state index contributed by atoms with van der Waals surface area (Å²) in [6.45, 7) is 2.23. The van der Waals surface area contributed by atoms with E-state index >= 15 is 4.39 Å². The van der Waals surface area contributed by atoms with E-state index < -0.39 is 85.1 Å². The van der Waals surface area contributed by atoms with E-state index in [9.17, 15) is 55.5 Å². The Morgan fingerprint density at radius 2 is 1.24 bits per heavy atom. The highest BCUT2D eigenvalue weighted by Crippen LogP contribution is 2.42. The van der Waals surface area contributed by atoms with Crippen molar-refractivity contribution in [1.82, 2.24) is 0 Å². The number of hydrogen-bond acceptors (Lipinski definition) is 13. The molecule has 0 amide bonds. The fourth-order valence-corrected chi connectivity index (χ4v) is 10.1. The van der Waals surface area contributed by atoms with Gasteiger partial charge in [-0.3, -0.25) is 0 Å². The van der Waals surface area contributed by atoms with E-state index in [1.807, 2.05) is 50.2 Å². The third kappa shape index (κ3) is 9.58. The van der Waals surface area contributed by atoms with Crippen LogP contribution in [0.1, 0.15) is 54.8 Å². The Kier molecular flexibility index (Phi) is 14.4. The number of aliphatic hydroxyl groups is 10. The number of halogens is 2. The third-order valence-electron chi connectivity index (χ3n) is 11.9. The van der Waals surface area contributed by atoms with Crippen molar-refractivity contribution in [3.05, 3.63) is 163 Å². The molecule has 0 saturated carbocycles. The van der Waals surface area contributed by atoms with E-state index in [0.29, 0.717) is 34.4 Å². The normalized spacial score (nSPS) is 22.0. The summed E-state index contributed by atoms with van der Waals surface area (Å²) in [5.41, 5.74) is 1.91. The first-order valence-electron chi connectivity index (χ1n) is 20.3. The van der Waals surface area contributed by atoms with Gasteiger partial charge >= 0.3 is 0 Å². The van der Waals surface area contributed by atoms with E-state index in [4.69, 9.17) is 4.74 Å². The van der Waals surface area contributed by atoms with Gasteiger partial charge in [0.25, 0.3) is 0 Å². The Bertz CT molecular complexity index is 2510. The smallest absolute Gasteiger partial charge is 0.146 e. The number of aliphatic hydroxyl groups excluding tert-OH is 9. The Morgan fingerprint density at radius 3 is 1.86 bits per heavy atom. The van der Waals surface area contributed by atoms with Crippen LogP contribution in [0.15, 0.2) is 103 Å². The van der Waals surface area contributed by atoms with Gasteiger partial charge in [0, 0.05) is 37.9 Å². The molecule has 1 aliphatic rings. The molecule has 1 unspecified atom stereocenters. The molecule has 7 rings (SSSR count). The highest BCUT2D eigenvalue weighted by atomic mass is 32.1. The molecule has 0 aliphatic carbocycles. The molecule has 11 nitrogen and oxygen atoms in total. The molecule has 3 heterocycles. The summed E-state index contributed by atoms with van der Waals surface area (Å²) in [5.74, 6) is -1.29. The molecule has 0 spiro atoms. The van der Waals surface area contributed by atoms with Crippen LogP contribution in [-0.2, 0) is 23.2 Å². The summed E-state index contributed by atoms with van der Waals surface area (Å²) >= 11 is 2.85. The zero-order chi connectivity index (χ0) is 45.3. The largest absolute Gasteiger partial charge is 0.394 e. The molecule has 1 saturated heterocycles. The number of thiophene rings is 2. The van der Waals surface area contributed by atoms with Crippen molar-refractivity contribution < 1.29 is 64.6 Å². The molecule has 1 fully saturated rings. The Morgan fingerprint density at radius 1 is 0.651 bits per heavy atom. The summed E-state index contributed by atoms with van der Waals surface area (Å²) in [4.78, 5) is 3.34. The maximum absolute atomic E-state index is 16.3. The van der Waals surface area contributed by atoms with Gasteiger partial charge < -0.3 is 55.8 Å². The lowest BCUT2D eigenvalue weighted by molar-refractivity contribution is -0.231. The van der Waals surface area contributed by atoms with E-state index in [1.54, 1.807) is 30.3 Å². The second-order valence-corrected chi connectivity index (χ2v) is 18.4. The summed E-state index contributed by atoms with van der Waals surface area (Å²) < 4.78 is 35.7. The fraction of sp³-hybridized carbons (Fsp3) is 0.333. The summed E-state index contributed by atoms with van der Waals surface area (Å²) in [7, 11) is 0. The number of hydrogen-bond donors (Lipinski definition) is 10. The number of rotatable bonds is 15. The third-order valence-corrected chi connectivity index (χ3v) is 14.2. The lowest BCUT2D eigenvalue weighted by Crippen LogP contribution is -2.55. The Hall–Kier alpha value is -4.30. The van der Waals surface area contributed by atoms with Crippen molar-refractivity contribution >= 4 is 22.7 Å². The van der Waals surface area contributed by atoms with Crippen LogP contribution in [-0.4, -0.2) is 113 Å². The molecule has 10 N–H and O–H groups in total. The quantitative estimate of drug-likeness (QED) is 0.0698. The van der Waals surface area contributed by atoms with Gasteiger partial charge in [-0.25, -0.2) is 8.78 Å². The van der Waals surface area contributed by atoms with Gasteiger partial charge in [-0.05, 0) is 107 Å². The Balaban J connectivity index is 1.22. The standard InChI is InChI=1S/C48H50F2O11S2/c1-24-3-5-28(46-44(57)43(56)42(55)38(23-52)61-46)17-29(24)19-33-13-16-40(63-33)27-8-14-36(50)35(21-27)48(60,47(59)45(58)41(54)37(53)22-51)31-9-4-25(2)30(18-31)20-34-12-15-39(62-34)26-6-10-32(49)11-7-26/h3-18,21,37-38,41-47,51-60H,19-20,22-23H2,1-2H3/t37-,38-,41+,42-,43+,44-,45-,46+,47-,48?/m1/s1. The predicted molar refractivity (Wildman–Crippen MR) is 234 cm³/mol. The van der Waals surface area contributed by atoms with Gasteiger partial charge in [0.1, 0.15) is 72.2 Å². The predicted octanol–water partition coefficient (Wildman–Crippen LogP) is 4.41. The second kappa shape index (κ2) is 19.4. The zero-order valence-corrected chi connectivity index (χ0v) is 35.9. The average molecular weight is 905 g/mol. The summed E-state index contributed by atoms with van der Waals surface area (Å²) in [6, 6.07) is 27.8. The lowest BCUT2D eigenvalue weighted by Gasteiger charge is -2.40. The molecule has 0 radical (unpaired) electrons. The van der Waals surface area contributed by atoms with Crippen LogP contribution < -0.4 is 0 Å². The molecule has 15 heteroatoms. The Labute approximate surface area is 370 Å². The van der Waals surface area contributed by atoms with Crippen molar-refractivity contribution in [2.24, 2.45) is 0 Å². The maximum Gasteiger partial charge on any atom is 0.146 e. The molecule has 4 aromatic carbocycles. The van der Waals surface area contributed by atoms with Gasteiger partial charge in [-0.15, -0.1) is 22.7 Å². The van der Waals surface area contributed by atoms with Crippen molar-refractivity contribution in [2.75, 3.05) is 13.2 Å². The highest BCUT2D eigenvalue weighted by Gasteiger charge is 2.48. The van der Waals surface area contributed by atoms with Crippen molar-refractivity contribution in [1.29, 1.82) is 0 Å². The average Bonchev–Trinajstić information content (AvgIpc) is 3.96. The van der Waals surface area contributed by atoms with E-state index in [-0.39, 0.29) is 11.4 Å². The van der Waals surface area contributed by atoms with Gasteiger partial charge in [0.05, 0.1) is 13.2 Å². The first-order valence-corrected chi connectivity index (χ1v) is 22.0. The van der Waals surface area contributed by atoms with Crippen LogP contribution >= 0.6 is 22.7 Å². The number of ether oxygens (including phenoxy) is 1. The molecule has 0 bridgehead atoms. The first kappa shape index (κ1) is 46.7. The van der Waals surface area contributed by atoms with Gasteiger partial charge in [0.15, 0.2) is 0 Å². The minimum absolute atomic E-state index is 0.0201. The minimum atomic E-state index is -2.73. The van der Waals surface area contributed by atoms with Crippen LogP contribution in [0.3, 0.4) is 0 Å². The number of benzene rings is 4. The van der Waals surface area contributed by atoms with E-state index in [2.05, 4.69) is 0 Å². The molecular weight excluding hydrogens is 855 g/mol. The van der Waals surface area contributed by atoms with Crippen LogP contribution in [0.25, 0.3) is 20.9 Å². The summed E-state index contributed by atoms with van der Waals surface area (Å²) in [6.07, 6.45) is -14.4. The fourth-order valence-electron chi connectivity index (χ4n) is 8.01. The topological polar surface area (TPSA) is 212 Å². The monoisotopic (exact) mass is 904 g/mol. The van der Waals surface area contributed by atoms with Crippen molar-refractivity contribution in [3.8, 4) is 20.9 Å². The van der Waals surface area contributed by atoms with Gasteiger partial charge in [0.2, 0.25) is 0 Å². The van der Waals surface area contributed by atoms with Crippen molar-refractivity contribution in [3.63, 3.8) is 0 Å². The SMILES string of the molecule is Cc1ccc([C@@H]2O[C@H](CO)[C@@H](O)[C@H](O)[C@H]2O)cc1Cc1ccc(-c2ccc(F)c(C(O)(c3ccc(C)c(Cc4ccc(-c5ccc(F)cc5)s4)c3)[C@H](O)[C@H](O)[C@@H](O)[C@H](O)CO)c2)s1. The molecule has 334 valence electrons. The lowest BCUT2D eigenvalue weighted by atomic mass is 9.76. The van der Waals surface area contributed by atoms with Crippen LogP contribution in [0.4, 0.5) is 8.78 Å². The zero-order valence-electron chi connectivity index (χ0n) is 34.3. The van der Waals surface area contributed by atoms with Crippen LogP contribution in [0, 0.1) is 25.5 Å².